The first-order valence-electron chi connectivity index (χ1n) is 6.67. The van der Waals surface area contributed by atoms with Crippen LogP contribution >= 0.6 is 0 Å². The Kier molecular flexibility index (Phi) is 3.35. The molecule has 1 aliphatic rings. The second-order valence-electron chi connectivity index (χ2n) is 4.95. The molecule has 0 amide bonds. The Bertz CT molecular complexity index is 526. The molecule has 18 heavy (non-hydrogen) atoms. The Morgan fingerprint density at radius 3 is 3.06 bits per heavy atom. The van der Waals surface area contributed by atoms with Crippen LogP contribution in [0, 0.1) is 0 Å². The van der Waals surface area contributed by atoms with Gasteiger partial charge in [0.2, 0.25) is 0 Å². The predicted molar refractivity (Wildman–Crippen MR) is 71.5 cm³/mol. The molecule has 1 unspecified atom stereocenters. The Balaban J connectivity index is 1.82. The number of hydrogen-bond donors (Lipinski definition) is 1. The summed E-state index contributed by atoms with van der Waals surface area (Å²) in [5, 5.41) is 10.6. The average molecular weight is 245 g/mol. The highest BCUT2D eigenvalue weighted by molar-refractivity contribution is 5.83. The van der Waals surface area contributed by atoms with Crippen molar-refractivity contribution in [3.05, 3.63) is 36.0 Å². The molecule has 0 spiro atoms. The number of fused-ring (bicyclic) bond motifs is 1. The van der Waals surface area contributed by atoms with E-state index in [4.69, 9.17) is 4.74 Å². The van der Waals surface area contributed by atoms with Gasteiger partial charge in [-0.25, -0.2) is 0 Å². The summed E-state index contributed by atoms with van der Waals surface area (Å²) in [6, 6.07) is 8.20. The van der Waals surface area contributed by atoms with Gasteiger partial charge < -0.3 is 14.4 Å². The van der Waals surface area contributed by atoms with E-state index in [1.54, 1.807) is 0 Å². The highest BCUT2D eigenvalue weighted by Gasteiger charge is 2.15. The van der Waals surface area contributed by atoms with Crippen molar-refractivity contribution < 1.29 is 9.84 Å². The molecule has 0 bridgehead atoms. The van der Waals surface area contributed by atoms with E-state index in [2.05, 4.69) is 22.9 Å². The van der Waals surface area contributed by atoms with Gasteiger partial charge in [-0.15, -0.1) is 0 Å². The summed E-state index contributed by atoms with van der Waals surface area (Å²) in [6.07, 6.45) is 5.97. The topological polar surface area (TPSA) is 34.4 Å². The Hall–Kier alpha value is -1.32. The fourth-order valence-electron chi connectivity index (χ4n) is 2.81. The van der Waals surface area contributed by atoms with E-state index < -0.39 is 0 Å². The molecule has 0 aliphatic carbocycles. The molecule has 1 aromatic carbocycles. The van der Waals surface area contributed by atoms with Crippen LogP contribution in [-0.2, 0) is 17.9 Å². The Labute approximate surface area is 107 Å². The normalized spacial score (nSPS) is 19.7. The molecule has 0 radical (unpaired) electrons. The molecule has 1 fully saturated rings. The van der Waals surface area contributed by atoms with Crippen LogP contribution in [0.1, 0.15) is 24.8 Å². The van der Waals surface area contributed by atoms with Gasteiger partial charge in [-0.1, -0.05) is 18.2 Å². The minimum atomic E-state index is 0.0985. The van der Waals surface area contributed by atoms with Crippen molar-refractivity contribution in [2.24, 2.45) is 0 Å². The van der Waals surface area contributed by atoms with Gasteiger partial charge in [0.25, 0.3) is 0 Å². The number of rotatable bonds is 4. The standard InChI is InChI=1S/C15H19NO2/c17-11-13-4-1-3-12-6-8-16(15(12)13)9-7-14-5-2-10-18-14/h1,3-4,6,8,14,17H,2,5,7,9-11H2. The summed E-state index contributed by atoms with van der Waals surface area (Å²) in [5.74, 6) is 0. The fourth-order valence-corrected chi connectivity index (χ4v) is 2.81. The highest BCUT2D eigenvalue weighted by Crippen LogP contribution is 2.22. The van der Waals surface area contributed by atoms with E-state index in [1.807, 2.05) is 12.1 Å². The van der Waals surface area contributed by atoms with Crippen LogP contribution in [0.25, 0.3) is 10.9 Å². The third-order valence-corrected chi connectivity index (χ3v) is 3.76. The van der Waals surface area contributed by atoms with E-state index in [0.29, 0.717) is 6.10 Å². The third kappa shape index (κ3) is 2.16. The molecular weight excluding hydrogens is 226 g/mol. The van der Waals surface area contributed by atoms with E-state index in [1.165, 1.54) is 18.2 Å². The number of nitrogens with zero attached hydrogens (tertiary/aromatic N) is 1. The first kappa shape index (κ1) is 11.8. The van der Waals surface area contributed by atoms with Gasteiger partial charge in [-0.3, -0.25) is 0 Å². The quantitative estimate of drug-likeness (QED) is 0.898. The Morgan fingerprint density at radius 2 is 2.28 bits per heavy atom. The van der Waals surface area contributed by atoms with Crippen molar-refractivity contribution in [3.8, 4) is 0 Å². The maximum Gasteiger partial charge on any atom is 0.0702 e. The highest BCUT2D eigenvalue weighted by atomic mass is 16.5. The molecule has 3 heteroatoms. The number of aliphatic hydroxyl groups excluding tert-OH is 1. The monoisotopic (exact) mass is 245 g/mol. The van der Waals surface area contributed by atoms with Gasteiger partial charge in [0.1, 0.15) is 0 Å². The summed E-state index contributed by atoms with van der Waals surface area (Å²) in [7, 11) is 0. The minimum absolute atomic E-state index is 0.0985. The lowest BCUT2D eigenvalue weighted by Crippen LogP contribution is -2.09. The molecular formula is C15H19NO2. The molecule has 0 saturated carbocycles. The molecule has 3 nitrogen and oxygen atoms in total. The predicted octanol–water partition coefficient (Wildman–Crippen LogP) is 2.70. The maximum atomic E-state index is 9.42. The lowest BCUT2D eigenvalue weighted by molar-refractivity contribution is 0.101. The zero-order chi connectivity index (χ0) is 12.4. The first-order valence-corrected chi connectivity index (χ1v) is 6.67. The maximum absolute atomic E-state index is 9.42. The van der Waals surface area contributed by atoms with E-state index >= 15 is 0 Å². The zero-order valence-electron chi connectivity index (χ0n) is 10.5. The zero-order valence-corrected chi connectivity index (χ0v) is 10.5. The summed E-state index contributed by atoms with van der Waals surface area (Å²) in [4.78, 5) is 0. The van der Waals surface area contributed by atoms with Gasteiger partial charge in [0, 0.05) is 24.9 Å². The van der Waals surface area contributed by atoms with Crippen LogP contribution in [0.4, 0.5) is 0 Å². The Morgan fingerprint density at radius 1 is 1.33 bits per heavy atom. The summed E-state index contributed by atoms with van der Waals surface area (Å²) in [6.45, 7) is 1.98. The van der Waals surface area contributed by atoms with Crippen molar-refractivity contribution in [2.75, 3.05) is 6.61 Å². The van der Waals surface area contributed by atoms with Crippen molar-refractivity contribution >= 4 is 10.9 Å². The van der Waals surface area contributed by atoms with Crippen molar-refractivity contribution in [1.82, 2.24) is 4.57 Å². The molecule has 1 atom stereocenters. The summed E-state index contributed by atoms with van der Waals surface area (Å²) < 4.78 is 7.90. The summed E-state index contributed by atoms with van der Waals surface area (Å²) in [5.41, 5.74) is 2.17. The van der Waals surface area contributed by atoms with Crippen molar-refractivity contribution in [2.45, 2.75) is 38.5 Å². The van der Waals surface area contributed by atoms with E-state index in [0.717, 1.165) is 30.7 Å². The van der Waals surface area contributed by atoms with Gasteiger partial charge >= 0.3 is 0 Å². The van der Waals surface area contributed by atoms with Crippen LogP contribution in [0.15, 0.2) is 30.5 Å². The second-order valence-corrected chi connectivity index (χ2v) is 4.95. The number of aromatic nitrogens is 1. The van der Waals surface area contributed by atoms with Gasteiger partial charge in [0.15, 0.2) is 0 Å². The molecule has 2 heterocycles. The number of aliphatic hydroxyl groups is 1. The van der Waals surface area contributed by atoms with Gasteiger partial charge in [-0.2, -0.15) is 0 Å². The molecule has 1 aliphatic heterocycles. The molecule has 1 aromatic heterocycles. The number of ether oxygens (including phenoxy) is 1. The molecule has 1 N–H and O–H groups in total. The average Bonchev–Trinajstić information content (AvgIpc) is 3.05. The minimum Gasteiger partial charge on any atom is -0.392 e. The van der Waals surface area contributed by atoms with Crippen LogP contribution < -0.4 is 0 Å². The van der Waals surface area contributed by atoms with Crippen molar-refractivity contribution in [3.63, 3.8) is 0 Å². The van der Waals surface area contributed by atoms with Crippen LogP contribution in [0.3, 0.4) is 0 Å². The van der Waals surface area contributed by atoms with Crippen LogP contribution in [-0.4, -0.2) is 22.4 Å². The lowest BCUT2D eigenvalue weighted by atomic mass is 10.1. The van der Waals surface area contributed by atoms with E-state index in [-0.39, 0.29) is 6.61 Å². The molecule has 3 rings (SSSR count). The smallest absolute Gasteiger partial charge is 0.0702 e. The number of aryl methyl sites for hydroxylation is 1. The van der Waals surface area contributed by atoms with Crippen LogP contribution in [0.2, 0.25) is 0 Å². The van der Waals surface area contributed by atoms with E-state index in [9.17, 15) is 5.11 Å². The van der Waals surface area contributed by atoms with Crippen molar-refractivity contribution in [1.29, 1.82) is 0 Å². The SMILES string of the molecule is OCc1cccc2ccn(CCC3CCCO3)c12. The second kappa shape index (κ2) is 5.12. The number of benzene rings is 1. The third-order valence-electron chi connectivity index (χ3n) is 3.76. The first-order chi connectivity index (χ1) is 8.88. The van der Waals surface area contributed by atoms with Crippen LogP contribution in [0.5, 0.6) is 0 Å². The largest absolute Gasteiger partial charge is 0.392 e. The fraction of sp³-hybridized carbons (Fsp3) is 0.467. The van der Waals surface area contributed by atoms with Gasteiger partial charge in [-0.05, 0) is 30.7 Å². The lowest BCUT2D eigenvalue weighted by Gasteiger charge is -2.12. The number of hydrogen-bond acceptors (Lipinski definition) is 2. The van der Waals surface area contributed by atoms with Gasteiger partial charge in [0.05, 0.1) is 18.2 Å². The molecule has 2 aromatic rings. The molecule has 96 valence electrons. The number of para-hydroxylation sites is 1. The molecule has 1 saturated heterocycles. The summed E-state index contributed by atoms with van der Waals surface area (Å²) >= 11 is 0.